The number of carbonyl (C=O) groups excluding carboxylic acids is 1. The van der Waals surface area contributed by atoms with Crippen molar-refractivity contribution in [2.45, 2.75) is 30.8 Å². The second-order valence-electron chi connectivity index (χ2n) is 7.14. The van der Waals surface area contributed by atoms with Gasteiger partial charge >= 0.3 is 0 Å². The average molecular weight is 336 g/mol. The minimum atomic E-state index is -0.556. The molecule has 4 aliphatic heterocycles. The Kier molecular flexibility index (Phi) is 4.04. The van der Waals surface area contributed by atoms with E-state index in [0.717, 1.165) is 32.0 Å². The molecule has 4 heterocycles. The highest BCUT2D eigenvalue weighted by Gasteiger charge is 2.54. The Morgan fingerprint density at radius 3 is 2.46 bits per heavy atom. The summed E-state index contributed by atoms with van der Waals surface area (Å²) in [5, 5.41) is 0. The number of halogens is 2. The van der Waals surface area contributed by atoms with Crippen molar-refractivity contribution in [2.24, 2.45) is 5.92 Å². The van der Waals surface area contributed by atoms with E-state index in [1.807, 2.05) is 4.90 Å². The lowest BCUT2D eigenvalue weighted by Gasteiger charge is -2.51. The molecule has 4 aliphatic rings. The zero-order valence-electron chi connectivity index (χ0n) is 13.8. The maximum absolute atomic E-state index is 13.7. The van der Waals surface area contributed by atoms with Crippen LogP contribution < -0.4 is 0 Å². The molecule has 5 rings (SSSR count). The SMILES string of the molecule is COCC(=O)N1C[C@H](c2cc(F)cc(F)c2)[C@H]2[C@@H]1C1CCN2CC1. The third-order valence-electron chi connectivity index (χ3n) is 5.90. The van der Waals surface area contributed by atoms with E-state index in [-0.39, 0.29) is 30.5 Å². The summed E-state index contributed by atoms with van der Waals surface area (Å²) in [6, 6.07) is 4.01. The molecule has 1 aromatic rings. The van der Waals surface area contributed by atoms with Gasteiger partial charge in [-0.3, -0.25) is 9.69 Å². The maximum atomic E-state index is 13.7. The summed E-state index contributed by atoms with van der Waals surface area (Å²) < 4.78 is 32.5. The lowest BCUT2D eigenvalue weighted by Crippen LogP contribution is -2.61. The number of piperidine rings is 3. The summed E-state index contributed by atoms with van der Waals surface area (Å²) >= 11 is 0. The van der Waals surface area contributed by atoms with Crippen LogP contribution in [0.5, 0.6) is 0 Å². The molecule has 24 heavy (non-hydrogen) atoms. The lowest BCUT2D eigenvalue weighted by atomic mass is 9.75. The van der Waals surface area contributed by atoms with Gasteiger partial charge in [-0.15, -0.1) is 0 Å². The van der Waals surface area contributed by atoms with Gasteiger partial charge in [0.1, 0.15) is 18.2 Å². The van der Waals surface area contributed by atoms with E-state index < -0.39 is 11.6 Å². The summed E-state index contributed by atoms with van der Waals surface area (Å²) in [6.45, 7) is 2.58. The van der Waals surface area contributed by atoms with Crippen molar-refractivity contribution in [2.75, 3.05) is 33.4 Å². The van der Waals surface area contributed by atoms with E-state index >= 15 is 0 Å². The predicted octanol–water partition coefficient (Wildman–Crippen LogP) is 2.00. The molecular weight excluding hydrogens is 314 g/mol. The minimum Gasteiger partial charge on any atom is -0.375 e. The van der Waals surface area contributed by atoms with Gasteiger partial charge in [0, 0.05) is 31.7 Å². The van der Waals surface area contributed by atoms with Crippen molar-refractivity contribution in [3.63, 3.8) is 0 Å². The fourth-order valence-electron chi connectivity index (χ4n) is 4.99. The van der Waals surface area contributed by atoms with Gasteiger partial charge < -0.3 is 9.64 Å². The van der Waals surface area contributed by atoms with Gasteiger partial charge in [-0.1, -0.05) is 0 Å². The Bertz CT molecular complexity index is 626. The Hall–Kier alpha value is -1.53. The number of hydrogen-bond acceptors (Lipinski definition) is 3. The number of ether oxygens (including phenoxy) is 1. The summed E-state index contributed by atoms with van der Waals surface area (Å²) in [5.74, 6) is -0.715. The van der Waals surface area contributed by atoms with Crippen LogP contribution in [-0.2, 0) is 9.53 Å². The van der Waals surface area contributed by atoms with Crippen LogP contribution in [0.1, 0.15) is 24.3 Å². The van der Waals surface area contributed by atoms with Gasteiger partial charge in [0.05, 0.1) is 6.04 Å². The molecule has 6 heteroatoms. The molecule has 1 aromatic carbocycles. The predicted molar refractivity (Wildman–Crippen MR) is 84.6 cm³/mol. The van der Waals surface area contributed by atoms with Crippen LogP contribution in [0.15, 0.2) is 18.2 Å². The molecule has 0 aliphatic carbocycles. The molecule has 0 aromatic heterocycles. The van der Waals surface area contributed by atoms with E-state index in [0.29, 0.717) is 18.0 Å². The number of methoxy groups -OCH3 is 1. The van der Waals surface area contributed by atoms with Crippen molar-refractivity contribution < 1.29 is 18.3 Å². The highest BCUT2D eigenvalue weighted by Crippen LogP contribution is 2.46. The largest absolute Gasteiger partial charge is 0.375 e. The maximum Gasteiger partial charge on any atom is 0.248 e. The summed E-state index contributed by atoms with van der Waals surface area (Å²) in [7, 11) is 1.52. The van der Waals surface area contributed by atoms with E-state index in [1.165, 1.54) is 19.2 Å². The molecular formula is C18H22F2N2O2. The first-order valence-electron chi connectivity index (χ1n) is 8.57. The second kappa shape index (κ2) is 6.08. The molecule has 4 nitrogen and oxygen atoms in total. The molecule has 0 saturated carbocycles. The van der Waals surface area contributed by atoms with Crippen molar-refractivity contribution in [1.82, 2.24) is 9.80 Å². The van der Waals surface area contributed by atoms with Gasteiger partial charge in [0.2, 0.25) is 5.91 Å². The number of amides is 1. The van der Waals surface area contributed by atoms with Crippen LogP contribution in [-0.4, -0.2) is 61.1 Å². The van der Waals surface area contributed by atoms with Crippen molar-refractivity contribution >= 4 is 5.91 Å². The highest BCUT2D eigenvalue weighted by atomic mass is 19.1. The van der Waals surface area contributed by atoms with E-state index in [9.17, 15) is 13.6 Å². The first-order valence-corrected chi connectivity index (χ1v) is 8.57. The Morgan fingerprint density at radius 2 is 1.83 bits per heavy atom. The fraction of sp³-hybridized carbons (Fsp3) is 0.611. The lowest BCUT2D eigenvalue weighted by molar-refractivity contribution is -0.139. The van der Waals surface area contributed by atoms with Gasteiger partial charge in [0.25, 0.3) is 0 Å². The second-order valence-corrected chi connectivity index (χ2v) is 7.14. The molecule has 0 radical (unpaired) electrons. The van der Waals surface area contributed by atoms with Crippen LogP contribution in [0.25, 0.3) is 0 Å². The Morgan fingerprint density at radius 1 is 1.17 bits per heavy atom. The molecule has 0 unspecified atom stereocenters. The minimum absolute atomic E-state index is 0.0272. The summed E-state index contributed by atoms with van der Waals surface area (Å²) in [4.78, 5) is 16.8. The third kappa shape index (κ3) is 2.52. The molecule has 1 amide bonds. The number of rotatable bonds is 3. The van der Waals surface area contributed by atoms with Crippen LogP contribution in [0, 0.1) is 17.6 Å². The van der Waals surface area contributed by atoms with Crippen LogP contribution >= 0.6 is 0 Å². The smallest absolute Gasteiger partial charge is 0.248 e. The number of benzene rings is 1. The van der Waals surface area contributed by atoms with Crippen molar-refractivity contribution in [3.8, 4) is 0 Å². The first-order chi connectivity index (χ1) is 11.6. The molecule has 130 valence electrons. The zero-order valence-corrected chi connectivity index (χ0v) is 13.8. The molecule has 4 saturated heterocycles. The normalized spacial score (nSPS) is 34.5. The van der Waals surface area contributed by atoms with Crippen LogP contribution in [0.3, 0.4) is 0 Å². The fourth-order valence-corrected chi connectivity index (χ4v) is 4.99. The highest BCUT2D eigenvalue weighted by molar-refractivity contribution is 5.78. The van der Waals surface area contributed by atoms with Gasteiger partial charge in [-0.05, 0) is 49.5 Å². The monoisotopic (exact) mass is 336 g/mol. The van der Waals surface area contributed by atoms with Gasteiger partial charge in [-0.25, -0.2) is 8.78 Å². The van der Waals surface area contributed by atoms with Crippen LogP contribution in [0.2, 0.25) is 0 Å². The molecule has 0 N–H and O–H groups in total. The number of hydrogen-bond donors (Lipinski definition) is 0. The first kappa shape index (κ1) is 16.0. The zero-order chi connectivity index (χ0) is 16.8. The number of carbonyl (C=O) groups is 1. The number of nitrogens with zero attached hydrogens (tertiary/aromatic N) is 2. The van der Waals surface area contributed by atoms with Crippen LogP contribution in [0.4, 0.5) is 8.78 Å². The number of fused-ring (bicyclic) bond motifs is 2. The molecule has 3 atom stereocenters. The average Bonchev–Trinajstić information content (AvgIpc) is 2.98. The van der Waals surface area contributed by atoms with Crippen molar-refractivity contribution in [3.05, 3.63) is 35.4 Å². The number of likely N-dealkylation sites (tertiary alicyclic amines) is 1. The summed E-state index contributed by atoms with van der Waals surface area (Å²) in [5.41, 5.74) is 0.655. The van der Waals surface area contributed by atoms with E-state index in [4.69, 9.17) is 4.74 Å². The molecule has 0 spiro atoms. The molecule has 4 fully saturated rings. The van der Waals surface area contributed by atoms with E-state index in [2.05, 4.69) is 4.90 Å². The summed E-state index contributed by atoms with van der Waals surface area (Å²) in [6.07, 6.45) is 2.17. The van der Waals surface area contributed by atoms with Crippen molar-refractivity contribution in [1.29, 1.82) is 0 Å². The third-order valence-corrected chi connectivity index (χ3v) is 5.90. The Balaban J connectivity index is 1.71. The standard InChI is InChI=1S/C18H22F2N2O2/c1-24-10-16(23)22-9-15(12-6-13(19)8-14(20)7-12)18-17(22)11-2-4-21(18)5-3-11/h6-8,11,15,17-18H,2-5,9-10H2,1H3/t15-,17+,18+/m1/s1. The molecule has 2 bridgehead atoms. The Labute approximate surface area is 140 Å². The quantitative estimate of drug-likeness (QED) is 0.846. The van der Waals surface area contributed by atoms with Gasteiger partial charge in [-0.2, -0.15) is 0 Å². The topological polar surface area (TPSA) is 32.8 Å². The van der Waals surface area contributed by atoms with Gasteiger partial charge in [0.15, 0.2) is 0 Å². The van der Waals surface area contributed by atoms with E-state index in [1.54, 1.807) is 0 Å².